The van der Waals surface area contributed by atoms with Gasteiger partial charge in [0.15, 0.2) is 6.10 Å². The van der Waals surface area contributed by atoms with Gasteiger partial charge in [0, 0.05) is 92.0 Å². The summed E-state index contributed by atoms with van der Waals surface area (Å²) < 4.78 is 7.48. The maximum atomic E-state index is 14.0. The van der Waals surface area contributed by atoms with E-state index >= 15 is 0 Å². The summed E-state index contributed by atoms with van der Waals surface area (Å²) in [5.74, 6) is -0.160. The van der Waals surface area contributed by atoms with Gasteiger partial charge in [-0.1, -0.05) is 18.2 Å². The fourth-order valence-electron chi connectivity index (χ4n) is 7.14. The summed E-state index contributed by atoms with van der Waals surface area (Å²) in [5, 5.41) is 6.46. The van der Waals surface area contributed by atoms with Crippen molar-refractivity contribution < 1.29 is 19.1 Å². The van der Waals surface area contributed by atoms with Crippen molar-refractivity contribution >= 4 is 61.3 Å². The maximum absolute atomic E-state index is 14.0. The third kappa shape index (κ3) is 7.64. The zero-order valence-electron chi connectivity index (χ0n) is 26.1. The molecule has 6 rings (SSSR count). The van der Waals surface area contributed by atoms with Crippen molar-refractivity contribution in [2.24, 2.45) is 0 Å². The quantitative estimate of drug-likeness (QED) is 0.376. The number of anilines is 2. The van der Waals surface area contributed by atoms with E-state index in [0.717, 1.165) is 62.3 Å². The van der Waals surface area contributed by atoms with E-state index in [1.54, 1.807) is 4.90 Å². The smallest absolute Gasteiger partial charge is 0.410 e. The molecule has 3 saturated heterocycles. The molecule has 4 aliphatic heterocycles. The molecule has 13 heteroatoms. The van der Waals surface area contributed by atoms with E-state index in [0.29, 0.717) is 66.2 Å². The second-order valence-corrected chi connectivity index (χ2v) is 14.3. The van der Waals surface area contributed by atoms with Gasteiger partial charge in [0.05, 0.1) is 5.69 Å². The van der Waals surface area contributed by atoms with Gasteiger partial charge in [-0.05, 0) is 93.3 Å². The zero-order valence-corrected chi connectivity index (χ0v) is 29.2. The largest absolute Gasteiger partial charge is 0.436 e. The molecule has 0 unspecified atom stereocenters. The number of amides is 4. The lowest BCUT2D eigenvalue weighted by molar-refractivity contribution is -0.142. The first-order valence-corrected chi connectivity index (χ1v) is 17.9. The molecule has 4 aliphatic rings. The molecule has 0 radical (unpaired) electrons. The van der Waals surface area contributed by atoms with E-state index in [4.69, 9.17) is 10.5 Å². The Morgan fingerprint density at radius 3 is 2.22 bits per heavy atom. The normalized spacial score (nSPS) is 20.9. The minimum Gasteiger partial charge on any atom is -0.436 e. The monoisotopic (exact) mass is 759 g/mol. The number of likely N-dealkylation sites (tertiary alicyclic amines) is 2. The van der Waals surface area contributed by atoms with Gasteiger partial charge >= 0.3 is 12.1 Å². The van der Waals surface area contributed by atoms with Crippen molar-refractivity contribution in [3.05, 3.63) is 56.5 Å². The lowest BCUT2D eigenvalue weighted by Crippen LogP contribution is -2.54. The molecule has 0 saturated carbocycles. The number of hydrogen-bond donors (Lipinski definition) is 3. The molecule has 4 amide bonds. The van der Waals surface area contributed by atoms with Gasteiger partial charge in [0.25, 0.3) is 5.91 Å². The Balaban J connectivity index is 1.09. The van der Waals surface area contributed by atoms with Crippen LogP contribution < -0.4 is 16.4 Å². The number of halogens is 2. The fourth-order valence-corrected chi connectivity index (χ4v) is 8.43. The van der Waals surface area contributed by atoms with E-state index in [2.05, 4.69) is 47.4 Å². The molecule has 11 nitrogen and oxygen atoms in total. The molecule has 2 aromatic carbocycles. The molecule has 0 bridgehead atoms. The third-order valence-corrected chi connectivity index (χ3v) is 11.1. The molecule has 0 aliphatic carbocycles. The van der Waals surface area contributed by atoms with Crippen LogP contribution in [0.2, 0.25) is 0 Å². The maximum Gasteiger partial charge on any atom is 0.410 e. The predicted molar refractivity (Wildman–Crippen MR) is 185 cm³/mol. The summed E-state index contributed by atoms with van der Waals surface area (Å²) in [6.45, 7) is 6.90. The molecule has 1 atom stereocenters. The molecule has 0 spiro atoms. The van der Waals surface area contributed by atoms with E-state index in [1.165, 1.54) is 0 Å². The van der Waals surface area contributed by atoms with Gasteiger partial charge in [-0.15, -0.1) is 0 Å². The van der Waals surface area contributed by atoms with Crippen LogP contribution in [-0.2, 0) is 22.4 Å². The number of urea groups is 1. The highest BCUT2D eigenvalue weighted by Gasteiger charge is 2.36. The second-order valence-electron chi connectivity index (χ2n) is 12.6. The van der Waals surface area contributed by atoms with Gasteiger partial charge < -0.3 is 35.8 Å². The van der Waals surface area contributed by atoms with E-state index in [9.17, 15) is 14.4 Å². The molecule has 4 heterocycles. The Kier molecular flexibility index (Phi) is 10.7. The Labute approximate surface area is 287 Å². The zero-order chi connectivity index (χ0) is 32.2. The molecule has 2 aromatic rings. The number of piperazine rings is 1. The highest BCUT2D eigenvalue weighted by Crippen LogP contribution is 2.31. The highest BCUT2D eigenvalue weighted by atomic mass is 79.9. The number of rotatable bonds is 6. The first-order valence-electron chi connectivity index (χ1n) is 16.3. The SMILES string of the molecule is Nc1c(Br)cc(C[C@@H](OC(=O)N2CCC(N3CCc4ccccc4NC3=O)CC2)C(=O)N2CCC(N3CCNCC3)CC2)cc1Br. The Hall–Kier alpha value is -2.87. The van der Waals surface area contributed by atoms with Crippen molar-refractivity contribution in [3.8, 4) is 0 Å². The topological polar surface area (TPSA) is 123 Å². The number of nitrogens with zero attached hydrogens (tertiary/aromatic N) is 4. The summed E-state index contributed by atoms with van der Waals surface area (Å²) in [6.07, 6.45) is 2.69. The Morgan fingerprint density at radius 1 is 0.891 bits per heavy atom. The van der Waals surface area contributed by atoms with Crippen LogP contribution in [0.15, 0.2) is 45.3 Å². The highest BCUT2D eigenvalue weighted by molar-refractivity contribution is 9.11. The Morgan fingerprint density at radius 2 is 1.52 bits per heavy atom. The Bertz CT molecular complexity index is 1400. The summed E-state index contributed by atoms with van der Waals surface area (Å²) in [5.41, 5.74) is 9.51. The van der Waals surface area contributed by atoms with Gasteiger partial charge in [-0.2, -0.15) is 0 Å². The van der Waals surface area contributed by atoms with Crippen LogP contribution in [0.4, 0.5) is 21.0 Å². The van der Waals surface area contributed by atoms with Crippen molar-refractivity contribution in [1.82, 2.24) is 24.9 Å². The van der Waals surface area contributed by atoms with Gasteiger partial charge in [0.2, 0.25) is 0 Å². The molecule has 4 N–H and O–H groups in total. The lowest BCUT2D eigenvalue weighted by atomic mass is 10.0. The number of ether oxygens (including phenoxy) is 1. The van der Waals surface area contributed by atoms with Gasteiger partial charge in [0.1, 0.15) is 0 Å². The summed E-state index contributed by atoms with van der Waals surface area (Å²) in [4.78, 5) is 48.6. The number of para-hydroxylation sites is 1. The molecular weight excluding hydrogens is 718 g/mol. The third-order valence-electron chi connectivity index (χ3n) is 9.83. The van der Waals surface area contributed by atoms with Gasteiger partial charge in [-0.25, -0.2) is 9.59 Å². The number of nitrogen functional groups attached to an aromatic ring is 1. The average Bonchev–Trinajstić information content (AvgIpc) is 3.25. The number of carbonyl (C=O) groups excluding carboxylic acids is 3. The fraction of sp³-hybridized carbons (Fsp3) is 0.545. The number of nitrogens with one attached hydrogen (secondary N) is 2. The van der Waals surface area contributed by atoms with Crippen LogP contribution >= 0.6 is 31.9 Å². The van der Waals surface area contributed by atoms with Crippen molar-refractivity contribution in [2.75, 3.05) is 70.0 Å². The van der Waals surface area contributed by atoms with Crippen LogP contribution in [0.5, 0.6) is 0 Å². The predicted octanol–water partition coefficient (Wildman–Crippen LogP) is 4.29. The molecule has 46 heavy (non-hydrogen) atoms. The van der Waals surface area contributed by atoms with Crippen LogP contribution in [0.1, 0.15) is 36.8 Å². The van der Waals surface area contributed by atoms with Crippen LogP contribution in [0, 0.1) is 0 Å². The number of carbonyl (C=O) groups is 3. The van der Waals surface area contributed by atoms with E-state index in [1.807, 2.05) is 46.2 Å². The van der Waals surface area contributed by atoms with Crippen LogP contribution in [0.25, 0.3) is 0 Å². The first kappa shape index (κ1) is 33.0. The molecule has 3 fully saturated rings. The first-order chi connectivity index (χ1) is 22.3. The van der Waals surface area contributed by atoms with Crippen molar-refractivity contribution in [3.63, 3.8) is 0 Å². The lowest BCUT2D eigenvalue weighted by Gasteiger charge is -2.41. The minimum atomic E-state index is -0.960. The summed E-state index contributed by atoms with van der Waals surface area (Å²) in [6, 6.07) is 12.0. The molecular formula is C33H43Br2N7O4. The number of benzene rings is 2. The van der Waals surface area contributed by atoms with Crippen molar-refractivity contribution in [2.45, 2.75) is 56.7 Å². The minimum absolute atomic E-state index is 0.0252. The number of piperidine rings is 2. The van der Waals surface area contributed by atoms with Crippen LogP contribution in [0.3, 0.4) is 0 Å². The van der Waals surface area contributed by atoms with E-state index < -0.39 is 12.2 Å². The van der Waals surface area contributed by atoms with Crippen LogP contribution in [-0.4, -0.2) is 115 Å². The number of hydrogen-bond acceptors (Lipinski definition) is 7. The number of nitrogens with two attached hydrogens (primary N) is 1. The molecule has 248 valence electrons. The van der Waals surface area contributed by atoms with Gasteiger partial charge in [-0.3, -0.25) is 9.69 Å². The molecule has 0 aromatic heterocycles. The number of fused-ring (bicyclic) bond motifs is 1. The summed E-state index contributed by atoms with van der Waals surface area (Å²) in [7, 11) is 0. The second kappa shape index (κ2) is 14.9. The van der Waals surface area contributed by atoms with Crippen molar-refractivity contribution in [1.29, 1.82) is 0 Å². The van der Waals surface area contributed by atoms with E-state index in [-0.39, 0.29) is 24.4 Å². The average molecular weight is 762 g/mol. The summed E-state index contributed by atoms with van der Waals surface area (Å²) >= 11 is 7.01. The standard InChI is InChI=1S/C33H43Br2N7O4/c34-26-19-22(20-27(35)30(26)36)21-29(31(43)40-12-6-24(7-13-40)39-17-10-37-11-18-39)46-33(45)41-14-8-25(9-15-41)42-16-5-23-3-1-2-4-28(23)38-32(42)44/h1-4,19-20,24-25,29,37H,5-18,21,36H2,(H,38,44)/t29-/m1/s1.